The fourth-order valence-corrected chi connectivity index (χ4v) is 5.88. The molecule has 2 amide bonds. The second-order valence-electron chi connectivity index (χ2n) is 7.44. The van der Waals surface area contributed by atoms with Gasteiger partial charge in [0.1, 0.15) is 18.2 Å². The molecule has 1 aromatic heterocycles. The molecule has 0 spiro atoms. The molecule has 0 bridgehead atoms. The van der Waals surface area contributed by atoms with Gasteiger partial charge in [-0.1, -0.05) is 0 Å². The fourth-order valence-electron chi connectivity index (χ4n) is 3.65. The lowest BCUT2D eigenvalue weighted by Crippen LogP contribution is -2.53. The maximum atomic E-state index is 13.1. The maximum Gasteiger partial charge on any atom is 0.251 e. The standard InChI is InChI=1S/C20H24N4O6S2/c1-13(19(26)22-20-15(18(21)25)4-11-31-20)23-5-7-24(8-6-23)32(27,28)14-2-3-16-17(12-14)30-10-9-29-16/h2-4,11-13H,5-10H2,1H3,(H2,21,25)(H,22,26)/t13-/m0/s1. The van der Waals surface area contributed by atoms with E-state index in [-0.39, 0.29) is 29.5 Å². The van der Waals surface area contributed by atoms with Gasteiger partial charge in [0.25, 0.3) is 5.91 Å². The summed E-state index contributed by atoms with van der Waals surface area (Å²) in [7, 11) is -3.70. The summed E-state index contributed by atoms with van der Waals surface area (Å²) in [6, 6.07) is 5.67. The van der Waals surface area contributed by atoms with Gasteiger partial charge in [-0.3, -0.25) is 14.5 Å². The van der Waals surface area contributed by atoms with Gasteiger partial charge < -0.3 is 20.5 Å². The van der Waals surface area contributed by atoms with Gasteiger partial charge in [0.2, 0.25) is 15.9 Å². The third-order valence-corrected chi connectivity index (χ3v) is 8.24. The molecule has 3 heterocycles. The fraction of sp³-hybridized carbons (Fsp3) is 0.400. The first-order valence-corrected chi connectivity index (χ1v) is 12.4. The topological polar surface area (TPSA) is 131 Å². The van der Waals surface area contributed by atoms with E-state index in [0.29, 0.717) is 42.8 Å². The molecule has 0 saturated carbocycles. The number of ether oxygens (including phenoxy) is 2. The van der Waals surface area contributed by atoms with Crippen LogP contribution in [0.25, 0.3) is 0 Å². The predicted molar refractivity (Wildman–Crippen MR) is 119 cm³/mol. The number of primary amides is 1. The molecule has 2 aromatic rings. The molecule has 1 atom stereocenters. The number of fused-ring (bicyclic) bond motifs is 1. The molecule has 2 aliphatic heterocycles. The lowest BCUT2D eigenvalue weighted by atomic mass is 10.2. The summed E-state index contributed by atoms with van der Waals surface area (Å²) in [5, 5.41) is 4.84. The van der Waals surface area contributed by atoms with E-state index in [9.17, 15) is 18.0 Å². The minimum Gasteiger partial charge on any atom is -0.486 e. The van der Waals surface area contributed by atoms with E-state index in [1.807, 2.05) is 4.90 Å². The highest BCUT2D eigenvalue weighted by atomic mass is 32.2. The summed E-state index contributed by atoms with van der Waals surface area (Å²) in [4.78, 5) is 26.2. The highest BCUT2D eigenvalue weighted by Crippen LogP contribution is 2.33. The van der Waals surface area contributed by atoms with Gasteiger partial charge in [0.15, 0.2) is 11.5 Å². The number of hydrogen-bond donors (Lipinski definition) is 2. The minimum absolute atomic E-state index is 0.151. The summed E-state index contributed by atoms with van der Waals surface area (Å²) in [6.07, 6.45) is 0. The summed E-state index contributed by atoms with van der Waals surface area (Å²) >= 11 is 1.22. The Morgan fingerprint density at radius 2 is 1.78 bits per heavy atom. The number of hydrogen-bond acceptors (Lipinski definition) is 8. The molecule has 2 aliphatic rings. The van der Waals surface area contributed by atoms with Gasteiger partial charge in [-0.25, -0.2) is 8.42 Å². The number of amides is 2. The number of thiophene rings is 1. The molecule has 32 heavy (non-hydrogen) atoms. The average molecular weight is 481 g/mol. The molecule has 172 valence electrons. The molecule has 0 radical (unpaired) electrons. The highest BCUT2D eigenvalue weighted by molar-refractivity contribution is 7.89. The van der Waals surface area contributed by atoms with Crippen LogP contribution < -0.4 is 20.5 Å². The van der Waals surface area contributed by atoms with Crippen molar-refractivity contribution in [1.82, 2.24) is 9.21 Å². The van der Waals surface area contributed by atoms with Crippen molar-refractivity contribution in [3.8, 4) is 11.5 Å². The van der Waals surface area contributed by atoms with Gasteiger partial charge in [0, 0.05) is 32.2 Å². The first-order valence-electron chi connectivity index (χ1n) is 10.1. The van der Waals surface area contributed by atoms with Gasteiger partial charge in [-0.15, -0.1) is 11.3 Å². The number of nitrogens with two attached hydrogens (primary N) is 1. The van der Waals surface area contributed by atoms with Crippen molar-refractivity contribution in [2.75, 3.05) is 44.7 Å². The zero-order valence-electron chi connectivity index (χ0n) is 17.4. The lowest BCUT2D eigenvalue weighted by molar-refractivity contribution is -0.121. The summed E-state index contributed by atoms with van der Waals surface area (Å²) in [5.41, 5.74) is 5.59. The molecule has 3 N–H and O–H groups in total. The first kappa shape index (κ1) is 22.5. The van der Waals surface area contributed by atoms with Gasteiger partial charge >= 0.3 is 0 Å². The van der Waals surface area contributed by atoms with E-state index < -0.39 is 22.0 Å². The Bertz CT molecular complexity index is 1120. The van der Waals surface area contributed by atoms with Crippen molar-refractivity contribution in [3.05, 3.63) is 35.2 Å². The third-order valence-electron chi connectivity index (χ3n) is 5.52. The number of sulfonamides is 1. The number of carbonyl (C=O) groups excluding carboxylic acids is 2. The van der Waals surface area contributed by atoms with E-state index in [2.05, 4.69) is 5.32 Å². The number of piperazine rings is 1. The van der Waals surface area contributed by atoms with E-state index in [4.69, 9.17) is 15.2 Å². The monoisotopic (exact) mass is 480 g/mol. The number of benzene rings is 1. The number of nitrogens with zero attached hydrogens (tertiary/aromatic N) is 2. The molecule has 10 nitrogen and oxygen atoms in total. The molecule has 1 saturated heterocycles. The largest absolute Gasteiger partial charge is 0.486 e. The van der Waals surface area contributed by atoms with Crippen molar-refractivity contribution in [2.24, 2.45) is 5.73 Å². The van der Waals surface area contributed by atoms with Crippen LogP contribution >= 0.6 is 11.3 Å². The zero-order chi connectivity index (χ0) is 22.9. The van der Waals surface area contributed by atoms with Gasteiger partial charge in [-0.2, -0.15) is 4.31 Å². The van der Waals surface area contributed by atoms with Crippen molar-refractivity contribution >= 4 is 38.2 Å². The third kappa shape index (κ3) is 4.44. The van der Waals surface area contributed by atoms with Crippen LogP contribution in [0.5, 0.6) is 11.5 Å². The van der Waals surface area contributed by atoms with Crippen LogP contribution in [0.1, 0.15) is 17.3 Å². The Kier molecular flexibility index (Phi) is 6.38. The second kappa shape index (κ2) is 9.06. The lowest BCUT2D eigenvalue weighted by Gasteiger charge is -2.36. The number of rotatable bonds is 6. The Morgan fingerprint density at radius 3 is 2.47 bits per heavy atom. The molecule has 1 aromatic carbocycles. The van der Waals surface area contributed by atoms with Crippen LogP contribution in [0.2, 0.25) is 0 Å². The van der Waals surface area contributed by atoms with E-state index >= 15 is 0 Å². The molecule has 0 unspecified atom stereocenters. The van der Waals surface area contributed by atoms with Crippen LogP contribution in [0.3, 0.4) is 0 Å². The quantitative estimate of drug-likeness (QED) is 0.629. The van der Waals surface area contributed by atoms with Crippen molar-refractivity contribution in [2.45, 2.75) is 17.9 Å². The summed E-state index contributed by atoms with van der Waals surface area (Å²) in [6.45, 7) is 3.85. The normalized spacial score (nSPS) is 18.2. The molecule has 4 rings (SSSR count). The zero-order valence-corrected chi connectivity index (χ0v) is 19.1. The smallest absolute Gasteiger partial charge is 0.251 e. The van der Waals surface area contributed by atoms with Crippen LogP contribution in [-0.2, 0) is 14.8 Å². The van der Waals surface area contributed by atoms with Crippen LogP contribution in [-0.4, -0.2) is 74.9 Å². The Morgan fingerprint density at radius 1 is 1.09 bits per heavy atom. The van der Waals surface area contributed by atoms with E-state index in [1.54, 1.807) is 24.4 Å². The average Bonchev–Trinajstić information content (AvgIpc) is 3.26. The molecule has 12 heteroatoms. The van der Waals surface area contributed by atoms with Crippen molar-refractivity contribution < 1.29 is 27.5 Å². The van der Waals surface area contributed by atoms with Gasteiger partial charge in [0.05, 0.1) is 16.5 Å². The molecular formula is C20H24N4O6S2. The predicted octanol–water partition coefficient (Wildman–Crippen LogP) is 0.952. The summed E-state index contributed by atoms with van der Waals surface area (Å²) in [5.74, 6) is 0.0699. The van der Waals surface area contributed by atoms with Crippen molar-refractivity contribution in [1.29, 1.82) is 0 Å². The maximum absolute atomic E-state index is 13.1. The number of nitrogens with one attached hydrogen (secondary N) is 1. The van der Waals surface area contributed by atoms with Crippen LogP contribution in [0, 0.1) is 0 Å². The van der Waals surface area contributed by atoms with E-state index in [1.165, 1.54) is 27.8 Å². The van der Waals surface area contributed by atoms with E-state index in [0.717, 1.165) is 0 Å². The minimum atomic E-state index is -3.70. The Balaban J connectivity index is 1.38. The molecular weight excluding hydrogens is 456 g/mol. The Hall–Kier alpha value is -2.67. The second-order valence-corrected chi connectivity index (χ2v) is 10.3. The van der Waals surface area contributed by atoms with Crippen LogP contribution in [0.4, 0.5) is 5.00 Å². The highest BCUT2D eigenvalue weighted by Gasteiger charge is 2.33. The molecule has 0 aliphatic carbocycles. The SMILES string of the molecule is C[C@@H](C(=O)Nc1sccc1C(N)=O)N1CCN(S(=O)(=O)c2ccc3c(c2)OCCO3)CC1. The van der Waals surface area contributed by atoms with Crippen LogP contribution in [0.15, 0.2) is 34.5 Å². The Labute approximate surface area is 189 Å². The van der Waals surface area contributed by atoms with Gasteiger partial charge in [-0.05, 0) is 30.5 Å². The number of carbonyl (C=O) groups is 2. The number of anilines is 1. The first-order chi connectivity index (χ1) is 15.3. The molecule has 1 fully saturated rings. The summed E-state index contributed by atoms with van der Waals surface area (Å²) < 4.78 is 38.5. The van der Waals surface area contributed by atoms with Crippen molar-refractivity contribution in [3.63, 3.8) is 0 Å².